The van der Waals surface area contributed by atoms with E-state index in [1.54, 1.807) is 16.4 Å². The molecule has 10 rings (SSSR count). The number of carbonyl (C=O) groups is 2. The highest BCUT2D eigenvalue weighted by Crippen LogP contribution is 2.64. The van der Waals surface area contributed by atoms with Crippen LogP contribution < -0.4 is 10.9 Å². The molecule has 2 aliphatic heterocycles. The smallest absolute Gasteiger partial charge is 0.416 e. The number of anilines is 1. The van der Waals surface area contributed by atoms with Crippen LogP contribution >= 0.6 is 11.6 Å². The van der Waals surface area contributed by atoms with Gasteiger partial charge in [-0.2, -0.15) is 22.7 Å². The van der Waals surface area contributed by atoms with E-state index < -0.39 is 34.9 Å². The maximum absolute atomic E-state index is 14.9. The summed E-state index contributed by atoms with van der Waals surface area (Å²) in [5, 5.41) is 17.8. The minimum absolute atomic E-state index is 0.00493. The Kier molecular flexibility index (Phi) is 7.24. The van der Waals surface area contributed by atoms with Crippen molar-refractivity contribution in [3.05, 3.63) is 80.0 Å². The molecule has 17 heteroatoms. The summed E-state index contributed by atoms with van der Waals surface area (Å²) in [5.41, 5.74) is -0.351. The SMILES string of the molecule is Cc1ncnc(C(=O)N2CC[C@]3(c4c(n(CC(=O)Nc5ccc(C(F)(F)F)cc5Cl)c5nc(C6=CC7(CC7)OCC6)nn5c4=O)[C@H]4C#C[C@H]43)[C@@H]3CC[C@@H]32)c1O. The maximum Gasteiger partial charge on any atom is 0.416 e. The van der Waals surface area contributed by atoms with Crippen LogP contribution in [0.1, 0.15) is 83.3 Å². The van der Waals surface area contributed by atoms with Gasteiger partial charge in [-0.3, -0.25) is 14.4 Å². The topological polar surface area (TPSA) is 157 Å². The molecule has 1 saturated heterocycles. The second kappa shape index (κ2) is 11.6. The van der Waals surface area contributed by atoms with Crippen LogP contribution in [0.4, 0.5) is 18.9 Å². The second-order valence-electron chi connectivity index (χ2n) is 15.3. The number of nitrogens with one attached hydrogen (secondary N) is 1. The fraction of sp³-hybridized carbons (Fsp3) is 0.447. The lowest BCUT2D eigenvalue weighted by atomic mass is 9.51. The summed E-state index contributed by atoms with van der Waals surface area (Å²) >= 11 is 6.21. The molecule has 0 unspecified atom stereocenters. The van der Waals surface area contributed by atoms with Gasteiger partial charge in [0.25, 0.3) is 11.5 Å². The van der Waals surface area contributed by atoms with E-state index in [0.29, 0.717) is 48.6 Å². The van der Waals surface area contributed by atoms with E-state index in [9.17, 15) is 32.7 Å². The molecule has 0 bridgehead atoms. The monoisotopic (exact) mass is 772 g/mol. The minimum atomic E-state index is -4.62. The summed E-state index contributed by atoms with van der Waals surface area (Å²) in [4.78, 5) is 57.3. The van der Waals surface area contributed by atoms with E-state index in [0.717, 1.165) is 43.0 Å². The van der Waals surface area contributed by atoms with Gasteiger partial charge in [0.05, 0.1) is 40.1 Å². The zero-order chi connectivity index (χ0) is 38.2. The number of ether oxygens (including phenoxy) is 1. The lowest BCUT2D eigenvalue weighted by Gasteiger charge is -2.59. The molecule has 4 aliphatic carbocycles. The van der Waals surface area contributed by atoms with E-state index >= 15 is 0 Å². The van der Waals surface area contributed by atoms with Crippen molar-refractivity contribution in [1.82, 2.24) is 34.0 Å². The lowest BCUT2D eigenvalue weighted by molar-refractivity contribution is -0.137. The van der Waals surface area contributed by atoms with Crippen molar-refractivity contribution in [3.8, 4) is 17.6 Å². The molecule has 13 nitrogen and oxygen atoms in total. The Morgan fingerprint density at radius 1 is 1.16 bits per heavy atom. The number of nitrogens with zero attached hydrogens (tertiary/aromatic N) is 7. The summed E-state index contributed by atoms with van der Waals surface area (Å²) in [6.07, 6.45) is 2.73. The number of amides is 2. The fourth-order valence-corrected chi connectivity index (χ4v) is 9.74. The summed E-state index contributed by atoms with van der Waals surface area (Å²) in [6.45, 7) is 1.98. The first kappa shape index (κ1) is 34.2. The first-order valence-corrected chi connectivity index (χ1v) is 18.6. The molecule has 3 fully saturated rings. The van der Waals surface area contributed by atoms with Crippen molar-refractivity contribution in [2.45, 2.75) is 81.1 Å². The van der Waals surface area contributed by atoms with Crippen molar-refractivity contribution < 1.29 is 32.6 Å². The first-order valence-electron chi connectivity index (χ1n) is 18.2. The van der Waals surface area contributed by atoms with Crippen LogP contribution in [0.3, 0.4) is 0 Å². The molecule has 2 spiro atoms. The van der Waals surface area contributed by atoms with Crippen LogP contribution in [0.25, 0.3) is 11.4 Å². The van der Waals surface area contributed by atoms with Crippen molar-refractivity contribution in [2.24, 2.45) is 11.8 Å². The second-order valence-corrected chi connectivity index (χ2v) is 15.7. The Hall–Kier alpha value is -5.27. The predicted molar refractivity (Wildman–Crippen MR) is 189 cm³/mol. The Balaban J connectivity index is 1.08. The Morgan fingerprint density at radius 3 is 2.67 bits per heavy atom. The standard InChI is InChI=1S/C38H32ClF3N8O5/c1-18-31(52)29(44-17-43-18)34(54)48-12-11-37(23-5-7-26(23)48)22-4-3-21(22)30-28(37)33(53)50-35(46-32(47-50)19-8-13-55-36(15-19)9-10-36)49(30)16-27(51)45-25-6-2-20(14-24(25)39)38(40,41)42/h2,6,14-15,17,21-23,26,52H,5,7-13,16H2,1H3,(H,45,51)/t21-,22+,23+,26-,37+/m0/s1. The number of aromatic nitrogens is 6. The third kappa shape index (κ3) is 4.94. The number of likely N-dealkylation sites (tertiary alicyclic amines) is 1. The zero-order valence-corrected chi connectivity index (χ0v) is 30.0. The number of piperidine rings is 1. The van der Waals surface area contributed by atoms with Gasteiger partial charge in [-0.05, 0) is 81.2 Å². The highest BCUT2D eigenvalue weighted by atomic mass is 35.5. The number of halogens is 4. The zero-order valence-electron chi connectivity index (χ0n) is 29.3. The van der Waals surface area contributed by atoms with Gasteiger partial charge in [-0.25, -0.2) is 9.97 Å². The van der Waals surface area contributed by atoms with Gasteiger partial charge < -0.3 is 24.6 Å². The molecular weight excluding hydrogens is 741 g/mol. The van der Waals surface area contributed by atoms with Gasteiger partial charge in [0.15, 0.2) is 17.3 Å². The molecular formula is C38H32ClF3N8O5. The Bertz CT molecular complexity index is 2550. The summed E-state index contributed by atoms with van der Waals surface area (Å²) < 4.78 is 48.9. The lowest BCUT2D eigenvalue weighted by Crippen LogP contribution is -2.65. The van der Waals surface area contributed by atoms with Crippen LogP contribution in [0, 0.1) is 30.6 Å². The minimum Gasteiger partial charge on any atom is -0.504 e. The number of aryl methyl sites for hydroxylation is 1. The average molecular weight is 773 g/mol. The predicted octanol–water partition coefficient (Wildman–Crippen LogP) is 4.64. The largest absolute Gasteiger partial charge is 0.504 e. The van der Waals surface area contributed by atoms with Crippen molar-refractivity contribution >= 4 is 40.5 Å². The summed E-state index contributed by atoms with van der Waals surface area (Å²) in [7, 11) is 0. The molecule has 3 aromatic heterocycles. The molecule has 6 aliphatic rings. The Morgan fingerprint density at radius 2 is 1.98 bits per heavy atom. The van der Waals surface area contributed by atoms with E-state index in [-0.39, 0.29) is 70.1 Å². The molecule has 5 heterocycles. The summed E-state index contributed by atoms with van der Waals surface area (Å²) in [6, 6.07) is 2.44. The number of rotatable bonds is 5. The summed E-state index contributed by atoms with van der Waals surface area (Å²) in [5.74, 6) is 4.96. The number of hydrogen-bond donors (Lipinski definition) is 2. The third-order valence-electron chi connectivity index (χ3n) is 12.5. The average Bonchev–Trinajstić information content (AvgIpc) is 3.62. The van der Waals surface area contributed by atoms with Gasteiger partial charge in [-0.1, -0.05) is 23.4 Å². The molecule has 2 amide bonds. The van der Waals surface area contributed by atoms with Crippen molar-refractivity contribution in [1.29, 1.82) is 0 Å². The van der Waals surface area contributed by atoms with E-state index in [1.807, 2.05) is 6.08 Å². The molecule has 5 atom stereocenters. The van der Waals surface area contributed by atoms with Crippen LogP contribution in [0.5, 0.6) is 5.75 Å². The van der Waals surface area contributed by atoms with Gasteiger partial charge in [-0.15, -0.1) is 5.10 Å². The normalized spacial score (nSPS) is 26.6. The van der Waals surface area contributed by atoms with Crippen LogP contribution in [-0.2, 0) is 27.7 Å². The quantitative estimate of drug-likeness (QED) is 0.276. The highest BCUT2D eigenvalue weighted by molar-refractivity contribution is 6.33. The van der Waals surface area contributed by atoms with E-state index in [1.165, 1.54) is 10.8 Å². The number of carbonyl (C=O) groups excluding carboxylic acids is 2. The molecule has 1 aromatic carbocycles. The first-order chi connectivity index (χ1) is 26.3. The molecule has 2 N–H and O–H groups in total. The molecule has 55 heavy (non-hydrogen) atoms. The van der Waals surface area contributed by atoms with Crippen LogP contribution in [0.15, 0.2) is 35.4 Å². The molecule has 282 valence electrons. The van der Waals surface area contributed by atoms with E-state index in [2.05, 4.69) is 27.1 Å². The van der Waals surface area contributed by atoms with Gasteiger partial charge in [0.1, 0.15) is 12.9 Å². The number of benzene rings is 1. The molecule has 4 aromatic rings. The fourth-order valence-electron chi connectivity index (χ4n) is 9.51. The highest BCUT2D eigenvalue weighted by Gasteiger charge is 2.66. The van der Waals surface area contributed by atoms with Crippen LogP contribution in [-0.4, -0.2) is 75.7 Å². The van der Waals surface area contributed by atoms with Crippen molar-refractivity contribution in [2.75, 3.05) is 18.5 Å². The molecule has 2 saturated carbocycles. The third-order valence-corrected chi connectivity index (χ3v) is 12.8. The van der Waals surface area contributed by atoms with Gasteiger partial charge in [0, 0.05) is 35.2 Å². The number of hydrogen-bond acceptors (Lipinski definition) is 9. The maximum atomic E-state index is 14.9. The number of fused-ring (bicyclic) bond motifs is 8. The number of alkyl halides is 3. The number of aromatic hydroxyl groups is 1. The molecule has 0 radical (unpaired) electrons. The van der Waals surface area contributed by atoms with Gasteiger partial charge >= 0.3 is 6.18 Å². The van der Waals surface area contributed by atoms with Gasteiger partial charge in [0.2, 0.25) is 11.7 Å². The van der Waals surface area contributed by atoms with E-state index in [4.69, 9.17) is 26.4 Å². The Labute approximate surface area is 315 Å². The van der Waals surface area contributed by atoms with Crippen molar-refractivity contribution in [3.63, 3.8) is 0 Å². The van der Waals surface area contributed by atoms with Crippen LogP contribution in [0.2, 0.25) is 5.02 Å².